The lowest BCUT2D eigenvalue weighted by molar-refractivity contribution is 0.206. The van der Waals surface area contributed by atoms with E-state index in [0.29, 0.717) is 29.1 Å². The number of aromatic amines is 1. The first-order valence-corrected chi connectivity index (χ1v) is 10.1. The molecule has 3 aromatic carbocycles. The number of benzene rings is 3. The summed E-state index contributed by atoms with van der Waals surface area (Å²) in [5.41, 5.74) is 2.22. The van der Waals surface area contributed by atoms with Gasteiger partial charge >= 0.3 is 6.03 Å². The molecule has 0 saturated heterocycles. The second kappa shape index (κ2) is 9.34. The van der Waals surface area contributed by atoms with Crippen LogP contribution < -0.4 is 15.6 Å². The fourth-order valence-electron chi connectivity index (χ4n) is 3.41. The van der Waals surface area contributed by atoms with E-state index in [9.17, 15) is 14.0 Å². The number of urea groups is 1. The summed E-state index contributed by atoms with van der Waals surface area (Å²) < 4.78 is 18.4. The lowest BCUT2D eigenvalue weighted by Gasteiger charge is -2.23. The number of halogens is 1. The zero-order valence-corrected chi connectivity index (χ0v) is 17.5. The monoisotopic (exact) mass is 431 g/mol. The number of carbonyl (C=O) groups excluding carboxylic acids is 1. The average Bonchev–Trinajstić information content (AvgIpc) is 2.81. The minimum atomic E-state index is -0.394. The maximum Gasteiger partial charge on any atom is 0.322 e. The van der Waals surface area contributed by atoms with Gasteiger partial charge in [0.05, 0.1) is 19.2 Å². The van der Waals surface area contributed by atoms with Crippen LogP contribution in [0.4, 0.5) is 14.9 Å². The second-order valence-corrected chi connectivity index (χ2v) is 7.36. The van der Waals surface area contributed by atoms with Gasteiger partial charge in [0.15, 0.2) is 0 Å². The Balaban J connectivity index is 1.63. The van der Waals surface area contributed by atoms with Gasteiger partial charge in [0, 0.05) is 23.9 Å². The van der Waals surface area contributed by atoms with E-state index in [1.165, 1.54) is 24.3 Å². The van der Waals surface area contributed by atoms with Crippen molar-refractivity contribution in [2.45, 2.75) is 13.1 Å². The largest absolute Gasteiger partial charge is 0.497 e. The van der Waals surface area contributed by atoms with Crippen molar-refractivity contribution in [3.8, 4) is 5.75 Å². The van der Waals surface area contributed by atoms with Crippen LogP contribution in [0.5, 0.6) is 5.75 Å². The van der Waals surface area contributed by atoms with Gasteiger partial charge in [0.1, 0.15) is 11.6 Å². The van der Waals surface area contributed by atoms with Crippen molar-refractivity contribution >= 4 is 22.6 Å². The molecule has 0 spiro atoms. The van der Waals surface area contributed by atoms with Gasteiger partial charge in [-0.2, -0.15) is 0 Å². The van der Waals surface area contributed by atoms with E-state index in [-0.39, 0.29) is 17.9 Å². The molecule has 7 heteroatoms. The van der Waals surface area contributed by atoms with Crippen molar-refractivity contribution in [1.29, 1.82) is 0 Å². The molecule has 0 aliphatic rings. The molecule has 32 heavy (non-hydrogen) atoms. The molecule has 4 aromatic rings. The van der Waals surface area contributed by atoms with Crippen LogP contribution in [0, 0.1) is 5.82 Å². The number of fused-ring (bicyclic) bond motifs is 1. The van der Waals surface area contributed by atoms with E-state index in [4.69, 9.17) is 4.74 Å². The van der Waals surface area contributed by atoms with Crippen molar-refractivity contribution < 1.29 is 13.9 Å². The van der Waals surface area contributed by atoms with E-state index >= 15 is 0 Å². The van der Waals surface area contributed by atoms with Gasteiger partial charge in [0.25, 0.3) is 5.56 Å². The maximum atomic E-state index is 13.2. The Hall–Kier alpha value is -4.13. The number of methoxy groups -OCH3 is 1. The first-order valence-electron chi connectivity index (χ1n) is 10.1. The van der Waals surface area contributed by atoms with E-state index in [0.717, 1.165) is 10.9 Å². The van der Waals surface area contributed by atoms with Crippen molar-refractivity contribution in [2.75, 3.05) is 12.4 Å². The van der Waals surface area contributed by atoms with Gasteiger partial charge < -0.3 is 19.9 Å². The summed E-state index contributed by atoms with van der Waals surface area (Å²) in [4.78, 5) is 30.2. The Bertz CT molecular complexity index is 1290. The zero-order valence-electron chi connectivity index (χ0n) is 17.5. The molecule has 2 amide bonds. The highest BCUT2D eigenvalue weighted by atomic mass is 19.1. The molecular formula is C25H22FN3O3. The highest BCUT2D eigenvalue weighted by Gasteiger charge is 2.17. The third-order valence-electron chi connectivity index (χ3n) is 5.09. The summed E-state index contributed by atoms with van der Waals surface area (Å²) >= 11 is 0. The SMILES string of the molecule is COc1ccc2cc(CN(Cc3ccccc3)C(=O)Nc3ccc(F)cc3)c(=O)[nH]c2c1. The van der Waals surface area contributed by atoms with Crippen molar-refractivity contribution in [3.05, 3.63) is 106 Å². The predicted molar refractivity (Wildman–Crippen MR) is 122 cm³/mol. The lowest BCUT2D eigenvalue weighted by atomic mass is 10.1. The molecule has 1 heterocycles. The number of hydrogen-bond donors (Lipinski definition) is 2. The Kier molecular flexibility index (Phi) is 6.17. The van der Waals surface area contributed by atoms with Gasteiger partial charge in [-0.1, -0.05) is 30.3 Å². The van der Waals surface area contributed by atoms with Crippen LogP contribution in [-0.2, 0) is 13.1 Å². The van der Waals surface area contributed by atoms with Gasteiger partial charge in [-0.15, -0.1) is 0 Å². The first kappa shape index (κ1) is 21.1. The molecule has 0 fully saturated rings. The standard InChI is InChI=1S/C25H22FN3O3/c1-32-22-12-7-18-13-19(24(30)28-23(18)14-22)16-29(15-17-5-3-2-4-6-17)25(31)27-21-10-8-20(26)9-11-21/h2-14H,15-16H2,1H3,(H,27,31)(H,28,30). The Labute approximate surface area is 184 Å². The summed E-state index contributed by atoms with van der Waals surface area (Å²) in [5.74, 6) is 0.258. The minimum absolute atomic E-state index is 0.0965. The fraction of sp³-hybridized carbons (Fsp3) is 0.120. The van der Waals surface area contributed by atoms with Gasteiger partial charge in [-0.25, -0.2) is 9.18 Å². The molecule has 162 valence electrons. The third-order valence-corrected chi connectivity index (χ3v) is 5.09. The van der Waals surface area contributed by atoms with Gasteiger partial charge in [-0.05, 0) is 53.4 Å². The van der Waals surface area contributed by atoms with E-state index in [1.54, 1.807) is 24.1 Å². The third kappa shape index (κ3) is 4.95. The molecule has 4 rings (SSSR count). The molecule has 1 aromatic heterocycles. The van der Waals surface area contributed by atoms with Crippen LogP contribution in [0.1, 0.15) is 11.1 Å². The average molecular weight is 431 g/mol. The molecule has 0 radical (unpaired) electrons. The number of H-pyrrole nitrogens is 1. The highest BCUT2D eigenvalue weighted by Crippen LogP contribution is 2.20. The number of nitrogens with one attached hydrogen (secondary N) is 2. The number of ether oxygens (including phenoxy) is 1. The maximum absolute atomic E-state index is 13.2. The summed E-state index contributed by atoms with van der Waals surface area (Å²) in [6.07, 6.45) is 0. The highest BCUT2D eigenvalue weighted by molar-refractivity contribution is 5.89. The second-order valence-electron chi connectivity index (χ2n) is 7.36. The summed E-state index contributed by atoms with van der Waals surface area (Å²) in [5, 5.41) is 3.61. The van der Waals surface area contributed by atoms with Crippen molar-refractivity contribution in [3.63, 3.8) is 0 Å². The van der Waals surface area contributed by atoms with Crippen LogP contribution in [-0.4, -0.2) is 23.0 Å². The van der Waals surface area contributed by atoms with Crippen LogP contribution in [0.25, 0.3) is 10.9 Å². The number of pyridine rings is 1. The van der Waals surface area contributed by atoms with Crippen LogP contribution in [0.2, 0.25) is 0 Å². The number of amides is 2. The van der Waals surface area contributed by atoms with E-state index in [2.05, 4.69) is 10.3 Å². The molecule has 0 bridgehead atoms. The van der Waals surface area contributed by atoms with E-state index in [1.807, 2.05) is 42.5 Å². The van der Waals surface area contributed by atoms with Crippen molar-refractivity contribution in [1.82, 2.24) is 9.88 Å². The molecule has 0 aliphatic heterocycles. The number of carbonyl (C=O) groups is 1. The number of hydrogen-bond acceptors (Lipinski definition) is 3. The number of anilines is 1. The van der Waals surface area contributed by atoms with Gasteiger partial charge in [-0.3, -0.25) is 4.79 Å². The zero-order chi connectivity index (χ0) is 22.5. The van der Waals surface area contributed by atoms with Gasteiger partial charge in [0.2, 0.25) is 0 Å². The van der Waals surface area contributed by atoms with Crippen LogP contribution >= 0.6 is 0 Å². The predicted octanol–water partition coefficient (Wildman–Crippen LogP) is 4.91. The molecule has 6 nitrogen and oxygen atoms in total. The molecule has 0 unspecified atom stereocenters. The summed E-state index contributed by atoms with van der Waals surface area (Å²) in [6.45, 7) is 0.396. The molecule has 2 N–H and O–H groups in total. The summed E-state index contributed by atoms with van der Waals surface area (Å²) in [6, 6.07) is 21.8. The minimum Gasteiger partial charge on any atom is -0.497 e. The van der Waals surface area contributed by atoms with Crippen molar-refractivity contribution in [2.24, 2.45) is 0 Å². The Morgan fingerprint density at radius 2 is 1.75 bits per heavy atom. The quantitative estimate of drug-likeness (QED) is 0.456. The summed E-state index contributed by atoms with van der Waals surface area (Å²) in [7, 11) is 1.56. The van der Waals surface area contributed by atoms with Crippen LogP contribution in [0.3, 0.4) is 0 Å². The lowest BCUT2D eigenvalue weighted by Crippen LogP contribution is -2.35. The van der Waals surface area contributed by atoms with Crippen LogP contribution in [0.15, 0.2) is 83.7 Å². The number of aromatic nitrogens is 1. The Morgan fingerprint density at radius 3 is 2.47 bits per heavy atom. The van der Waals surface area contributed by atoms with E-state index < -0.39 is 6.03 Å². The normalized spacial score (nSPS) is 10.7. The number of rotatable bonds is 6. The first-order chi connectivity index (χ1) is 15.5. The number of nitrogens with zero attached hydrogens (tertiary/aromatic N) is 1. The smallest absolute Gasteiger partial charge is 0.322 e. The fourth-order valence-corrected chi connectivity index (χ4v) is 3.41. The molecule has 0 atom stereocenters. The molecule has 0 aliphatic carbocycles. The Morgan fingerprint density at radius 1 is 1.00 bits per heavy atom. The molecule has 0 saturated carbocycles. The topological polar surface area (TPSA) is 74.4 Å². The molecular weight excluding hydrogens is 409 g/mol.